The summed E-state index contributed by atoms with van der Waals surface area (Å²) in [5.74, 6) is 0.327. The SMILES string of the molecule is O=C(NCCC1CCNC1)c1ccccc1C(=O)c1ccccc1. The largest absolute Gasteiger partial charge is 0.352 e. The molecule has 2 N–H and O–H groups in total. The summed E-state index contributed by atoms with van der Waals surface area (Å²) in [7, 11) is 0. The fourth-order valence-corrected chi connectivity index (χ4v) is 3.07. The van der Waals surface area contributed by atoms with Crippen molar-refractivity contribution in [3.05, 3.63) is 71.3 Å². The van der Waals surface area contributed by atoms with Gasteiger partial charge in [0.1, 0.15) is 0 Å². The van der Waals surface area contributed by atoms with E-state index in [1.54, 1.807) is 36.4 Å². The molecule has 2 aromatic rings. The van der Waals surface area contributed by atoms with E-state index >= 15 is 0 Å². The fourth-order valence-electron chi connectivity index (χ4n) is 3.07. The van der Waals surface area contributed by atoms with Gasteiger partial charge in [0.15, 0.2) is 5.78 Å². The Kier molecular flexibility index (Phi) is 5.39. The number of amides is 1. The van der Waals surface area contributed by atoms with Gasteiger partial charge in [-0.1, -0.05) is 48.5 Å². The number of hydrogen-bond acceptors (Lipinski definition) is 3. The molecule has 1 unspecified atom stereocenters. The van der Waals surface area contributed by atoms with Gasteiger partial charge in [-0.15, -0.1) is 0 Å². The van der Waals surface area contributed by atoms with Crippen molar-refractivity contribution in [2.75, 3.05) is 19.6 Å². The van der Waals surface area contributed by atoms with E-state index in [0.717, 1.165) is 19.5 Å². The first-order valence-corrected chi connectivity index (χ1v) is 8.43. The minimum atomic E-state index is -0.180. The van der Waals surface area contributed by atoms with Crippen LogP contribution in [0.1, 0.15) is 39.1 Å². The van der Waals surface area contributed by atoms with Crippen molar-refractivity contribution in [3.63, 3.8) is 0 Å². The van der Waals surface area contributed by atoms with Gasteiger partial charge < -0.3 is 10.6 Å². The van der Waals surface area contributed by atoms with Crippen LogP contribution < -0.4 is 10.6 Å². The van der Waals surface area contributed by atoms with Crippen molar-refractivity contribution in [2.45, 2.75) is 12.8 Å². The van der Waals surface area contributed by atoms with E-state index in [2.05, 4.69) is 10.6 Å². The zero-order valence-electron chi connectivity index (χ0n) is 13.6. The minimum Gasteiger partial charge on any atom is -0.352 e. The maximum atomic E-state index is 12.7. The van der Waals surface area contributed by atoms with E-state index < -0.39 is 0 Å². The number of rotatable bonds is 6. The maximum absolute atomic E-state index is 12.7. The van der Waals surface area contributed by atoms with Crippen molar-refractivity contribution >= 4 is 11.7 Å². The molecule has 0 aromatic heterocycles. The molecule has 1 fully saturated rings. The maximum Gasteiger partial charge on any atom is 0.252 e. The van der Waals surface area contributed by atoms with Crippen molar-refractivity contribution in [1.29, 1.82) is 0 Å². The molecule has 0 saturated carbocycles. The second-order valence-corrected chi connectivity index (χ2v) is 6.14. The fraction of sp³-hybridized carbons (Fsp3) is 0.300. The lowest BCUT2D eigenvalue weighted by Crippen LogP contribution is -2.28. The lowest BCUT2D eigenvalue weighted by Gasteiger charge is -2.11. The van der Waals surface area contributed by atoms with Crippen LogP contribution in [0.4, 0.5) is 0 Å². The lowest BCUT2D eigenvalue weighted by atomic mass is 9.98. The van der Waals surface area contributed by atoms with E-state index in [0.29, 0.717) is 29.2 Å². The molecule has 1 atom stereocenters. The molecule has 124 valence electrons. The Morgan fingerprint density at radius 3 is 2.42 bits per heavy atom. The summed E-state index contributed by atoms with van der Waals surface area (Å²) in [6, 6.07) is 16.1. The summed E-state index contributed by atoms with van der Waals surface area (Å²) < 4.78 is 0. The van der Waals surface area contributed by atoms with Gasteiger partial charge in [-0.3, -0.25) is 9.59 Å². The Morgan fingerprint density at radius 1 is 1.00 bits per heavy atom. The molecule has 4 nitrogen and oxygen atoms in total. The first kappa shape index (κ1) is 16.4. The number of hydrogen-bond donors (Lipinski definition) is 2. The van der Waals surface area contributed by atoms with E-state index in [-0.39, 0.29) is 11.7 Å². The summed E-state index contributed by atoms with van der Waals surface area (Å²) >= 11 is 0. The summed E-state index contributed by atoms with van der Waals surface area (Å²) in [4.78, 5) is 25.2. The van der Waals surface area contributed by atoms with Crippen LogP contribution in [0.5, 0.6) is 0 Å². The van der Waals surface area contributed by atoms with Crippen LogP contribution >= 0.6 is 0 Å². The van der Waals surface area contributed by atoms with E-state index in [9.17, 15) is 9.59 Å². The Hall–Kier alpha value is -2.46. The molecule has 1 saturated heterocycles. The number of ketones is 1. The van der Waals surface area contributed by atoms with Crippen LogP contribution in [0.2, 0.25) is 0 Å². The highest BCUT2D eigenvalue weighted by molar-refractivity contribution is 6.15. The highest BCUT2D eigenvalue weighted by atomic mass is 16.2. The number of carbonyl (C=O) groups is 2. The van der Waals surface area contributed by atoms with Gasteiger partial charge in [0.2, 0.25) is 0 Å². The first-order valence-electron chi connectivity index (χ1n) is 8.43. The molecular weight excluding hydrogens is 300 g/mol. The molecule has 24 heavy (non-hydrogen) atoms. The van der Waals surface area contributed by atoms with E-state index in [1.165, 1.54) is 6.42 Å². The molecule has 1 aliphatic heterocycles. The van der Waals surface area contributed by atoms with Crippen LogP contribution in [0, 0.1) is 5.92 Å². The standard InChI is InChI=1S/C20H22N2O2/c23-19(16-6-2-1-3-7-16)17-8-4-5-9-18(17)20(24)22-13-11-15-10-12-21-14-15/h1-9,15,21H,10-14H2,(H,22,24). The van der Waals surface area contributed by atoms with Gasteiger partial charge in [0.05, 0.1) is 5.56 Å². The topological polar surface area (TPSA) is 58.2 Å². The Balaban J connectivity index is 1.69. The number of nitrogens with one attached hydrogen (secondary N) is 2. The van der Waals surface area contributed by atoms with Gasteiger partial charge in [-0.25, -0.2) is 0 Å². The third-order valence-corrected chi connectivity index (χ3v) is 4.45. The lowest BCUT2D eigenvalue weighted by molar-refractivity contribution is 0.0940. The van der Waals surface area contributed by atoms with Gasteiger partial charge in [0.25, 0.3) is 5.91 Å². The Bertz CT molecular complexity index is 707. The molecule has 0 aliphatic carbocycles. The predicted molar refractivity (Wildman–Crippen MR) is 94.2 cm³/mol. The molecular formula is C20H22N2O2. The quantitative estimate of drug-likeness (QED) is 0.804. The smallest absolute Gasteiger partial charge is 0.252 e. The van der Waals surface area contributed by atoms with Gasteiger partial charge in [-0.05, 0) is 37.9 Å². The van der Waals surface area contributed by atoms with Crippen LogP contribution in [0.25, 0.3) is 0 Å². The van der Waals surface area contributed by atoms with Crippen LogP contribution in [-0.2, 0) is 0 Å². The number of benzene rings is 2. The summed E-state index contributed by atoms with van der Waals surface area (Å²) in [5, 5.41) is 6.28. The predicted octanol–water partition coefficient (Wildman–Crippen LogP) is 2.65. The number of carbonyl (C=O) groups excluding carboxylic acids is 2. The van der Waals surface area contributed by atoms with Crippen molar-refractivity contribution in [3.8, 4) is 0 Å². The first-order chi connectivity index (χ1) is 11.8. The zero-order chi connectivity index (χ0) is 16.8. The van der Waals surface area contributed by atoms with E-state index in [4.69, 9.17) is 0 Å². The monoisotopic (exact) mass is 322 g/mol. The van der Waals surface area contributed by atoms with Crippen molar-refractivity contribution < 1.29 is 9.59 Å². The second kappa shape index (κ2) is 7.88. The van der Waals surface area contributed by atoms with Crippen LogP contribution in [-0.4, -0.2) is 31.3 Å². The van der Waals surface area contributed by atoms with E-state index in [1.807, 2.05) is 18.2 Å². The molecule has 2 aromatic carbocycles. The molecule has 0 bridgehead atoms. The molecule has 1 amide bonds. The zero-order valence-corrected chi connectivity index (χ0v) is 13.6. The van der Waals surface area contributed by atoms with Crippen LogP contribution in [0.3, 0.4) is 0 Å². The van der Waals surface area contributed by atoms with Gasteiger partial charge in [-0.2, -0.15) is 0 Å². The molecule has 0 radical (unpaired) electrons. The molecule has 3 rings (SSSR count). The minimum absolute atomic E-state index is 0.124. The summed E-state index contributed by atoms with van der Waals surface area (Å²) in [5.41, 5.74) is 1.48. The summed E-state index contributed by atoms with van der Waals surface area (Å²) in [6.07, 6.45) is 2.13. The van der Waals surface area contributed by atoms with Crippen molar-refractivity contribution in [2.24, 2.45) is 5.92 Å². The van der Waals surface area contributed by atoms with Gasteiger partial charge in [0, 0.05) is 17.7 Å². The highest BCUT2D eigenvalue weighted by Crippen LogP contribution is 2.15. The third kappa shape index (κ3) is 3.89. The second-order valence-electron chi connectivity index (χ2n) is 6.14. The van der Waals surface area contributed by atoms with Gasteiger partial charge >= 0.3 is 0 Å². The molecule has 4 heteroatoms. The highest BCUT2D eigenvalue weighted by Gasteiger charge is 2.18. The average Bonchev–Trinajstić information content (AvgIpc) is 3.15. The normalized spacial score (nSPS) is 16.8. The Morgan fingerprint density at radius 2 is 1.71 bits per heavy atom. The molecule has 1 aliphatic rings. The van der Waals surface area contributed by atoms with Crippen molar-refractivity contribution in [1.82, 2.24) is 10.6 Å². The molecule has 1 heterocycles. The third-order valence-electron chi connectivity index (χ3n) is 4.45. The summed E-state index contributed by atoms with van der Waals surface area (Å²) in [6.45, 7) is 2.73. The average molecular weight is 322 g/mol. The molecule has 0 spiro atoms. The Labute approximate surface area is 142 Å². The van der Waals surface area contributed by atoms with Crippen LogP contribution in [0.15, 0.2) is 54.6 Å².